The summed E-state index contributed by atoms with van der Waals surface area (Å²) in [5, 5.41) is 3.06. The number of allylic oxidation sites excluding steroid dienone is 2. The monoisotopic (exact) mass is 392 g/mol. The first-order valence-corrected chi connectivity index (χ1v) is 10.1. The molecule has 0 bridgehead atoms. The van der Waals surface area contributed by atoms with Gasteiger partial charge in [-0.2, -0.15) is 0 Å². The summed E-state index contributed by atoms with van der Waals surface area (Å²) in [6, 6.07) is 17.9. The molecule has 1 aliphatic rings. The smallest absolute Gasteiger partial charge is 0.160 e. The number of hydrogen-bond donors (Lipinski definition) is 0. The van der Waals surface area contributed by atoms with Crippen LogP contribution in [0.15, 0.2) is 75.6 Å². The van der Waals surface area contributed by atoms with Crippen LogP contribution in [0.4, 0.5) is 0 Å². The zero-order valence-corrected chi connectivity index (χ0v) is 16.4. The van der Waals surface area contributed by atoms with Gasteiger partial charge in [0, 0.05) is 39.8 Å². The summed E-state index contributed by atoms with van der Waals surface area (Å²) in [7, 11) is 0. The SMILES string of the molecule is CC(=O)c1ccc2oc3c(c2c1-c1cccc2c1oc1ccccc12)C=CCC=C3.[HH]. The first-order chi connectivity index (χ1) is 14.7. The number of carbonyl (C=O) groups excluding carboxylic acids is 1. The molecule has 2 aromatic heterocycles. The van der Waals surface area contributed by atoms with E-state index in [1.54, 1.807) is 6.92 Å². The van der Waals surface area contributed by atoms with Crippen LogP contribution in [0.5, 0.6) is 0 Å². The summed E-state index contributed by atoms with van der Waals surface area (Å²) in [6.07, 6.45) is 9.15. The molecule has 0 spiro atoms. The third-order valence-corrected chi connectivity index (χ3v) is 5.80. The van der Waals surface area contributed by atoms with Gasteiger partial charge in [0.05, 0.1) is 0 Å². The van der Waals surface area contributed by atoms with Crippen LogP contribution < -0.4 is 0 Å². The predicted octanol–water partition coefficient (Wildman–Crippen LogP) is 7.88. The molecule has 146 valence electrons. The van der Waals surface area contributed by atoms with Gasteiger partial charge >= 0.3 is 0 Å². The first kappa shape index (κ1) is 17.0. The maximum absolute atomic E-state index is 12.7. The van der Waals surface area contributed by atoms with E-state index in [9.17, 15) is 4.79 Å². The van der Waals surface area contributed by atoms with Gasteiger partial charge in [-0.1, -0.05) is 54.6 Å². The standard InChI is InChI=1S/C27H18O3.H2/c1-16(28)17-14-15-24-26(20-9-3-2-4-12-23(20)29-24)25(17)21-11-7-10-19-18-8-5-6-13-22(18)30-27(19)21;/h3-15H,2H2,1H3;1H. The van der Waals surface area contributed by atoms with E-state index in [0.29, 0.717) is 5.56 Å². The Morgan fingerprint density at radius 3 is 2.60 bits per heavy atom. The predicted molar refractivity (Wildman–Crippen MR) is 124 cm³/mol. The van der Waals surface area contributed by atoms with Crippen molar-refractivity contribution in [3.63, 3.8) is 0 Å². The Hall–Kier alpha value is -3.85. The van der Waals surface area contributed by atoms with Crippen LogP contribution in [0, 0.1) is 0 Å². The zero-order chi connectivity index (χ0) is 20.2. The van der Waals surface area contributed by atoms with Gasteiger partial charge in [-0.15, -0.1) is 0 Å². The molecule has 3 nitrogen and oxygen atoms in total. The molecule has 0 saturated heterocycles. The van der Waals surface area contributed by atoms with Crippen molar-refractivity contribution in [3.8, 4) is 11.1 Å². The molecular weight excluding hydrogens is 372 g/mol. The number of Topliss-reactive ketones (excluding diaryl/α,β-unsaturated/α-hetero) is 1. The van der Waals surface area contributed by atoms with Crippen LogP contribution in [0.1, 0.15) is 36.5 Å². The molecule has 0 saturated carbocycles. The van der Waals surface area contributed by atoms with Gasteiger partial charge in [0.25, 0.3) is 0 Å². The zero-order valence-electron chi connectivity index (χ0n) is 16.4. The Morgan fingerprint density at radius 2 is 1.70 bits per heavy atom. The topological polar surface area (TPSA) is 43.4 Å². The van der Waals surface area contributed by atoms with E-state index in [-0.39, 0.29) is 7.21 Å². The Morgan fingerprint density at radius 1 is 0.867 bits per heavy atom. The summed E-state index contributed by atoms with van der Waals surface area (Å²) in [4.78, 5) is 12.7. The Labute approximate surface area is 174 Å². The van der Waals surface area contributed by atoms with Gasteiger partial charge in [-0.3, -0.25) is 4.79 Å². The normalized spacial score (nSPS) is 13.2. The average Bonchev–Trinajstić information content (AvgIpc) is 3.22. The van der Waals surface area contributed by atoms with Gasteiger partial charge < -0.3 is 8.83 Å². The fourth-order valence-electron chi connectivity index (χ4n) is 4.48. The molecule has 1 aliphatic carbocycles. The van der Waals surface area contributed by atoms with E-state index in [0.717, 1.165) is 61.8 Å². The highest BCUT2D eigenvalue weighted by Gasteiger charge is 2.23. The molecule has 0 aliphatic heterocycles. The van der Waals surface area contributed by atoms with E-state index < -0.39 is 0 Å². The molecule has 0 N–H and O–H groups in total. The molecule has 5 aromatic rings. The van der Waals surface area contributed by atoms with E-state index >= 15 is 0 Å². The lowest BCUT2D eigenvalue weighted by Gasteiger charge is -2.10. The van der Waals surface area contributed by atoms with Crippen molar-refractivity contribution < 1.29 is 15.1 Å². The van der Waals surface area contributed by atoms with Gasteiger partial charge in [0.15, 0.2) is 5.78 Å². The van der Waals surface area contributed by atoms with Crippen molar-refractivity contribution in [2.24, 2.45) is 0 Å². The fraction of sp³-hybridized carbons (Fsp3) is 0.0741. The molecular formula is C27H20O3. The molecule has 0 radical (unpaired) electrons. The van der Waals surface area contributed by atoms with Crippen molar-refractivity contribution >= 4 is 50.8 Å². The molecule has 2 heterocycles. The van der Waals surface area contributed by atoms with E-state index in [4.69, 9.17) is 8.83 Å². The van der Waals surface area contributed by atoms with Gasteiger partial charge in [-0.05, 0) is 37.6 Å². The highest BCUT2D eigenvalue weighted by molar-refractivity contribution is 6.17. The second-order valence-corrected chi connectivity index (χ2v) is 7.62. The fourth-order valence-corrected chi connectivity index (χ4v) is 4.48. The van der Waals surface area contributed by atoms with Crippen LogP contribution in [-0.4, -0.2) is 5.78 Å². The Bertz CT molecular complexity index is 1550. The number of fused-ring (bicyclic) bond motifs is 6. The number of benzene rings is 3. The number of ketones is 1. The van der Waals surface area contributed by atoms with Crippen molar-refractivity contribution in [1.29, 1.82) is 0 Å². The molecule has 0 atom stereocenters. The second kappa shape index (κ2) is 6.33. The maximum Gasteiger partial charge on any atom is 0.160 e. The Kier molecular flexibility index (Phi) is 3.59. The molecule has 0 unspecified atom stereocenters. The third kappa shape index (κ3) is 2.35. The highest BCUT2D eigenvalue weighted by atomic mass is 16.3. The number of carbonyl (C=O) groups is 1. The molecule has 0 fully saturated rings. The number of hydrogen-bond acceptors (Lipinski definition) is 3. The van der Waals surface area contributed by atoms with Crippen LogP contribution in [0.3, 0.4) is 0 Å². The van der Waals surface area contributed by atoms with Gasteiger partial charge in [0.1, 0.15) is 22.5 Å². The summed E-state index contributed by atoms with van der Waals surface area (Å²) >= 11 is 0. The summed E-state index contributed by atoms with van der Waals surface area (Å²) < 4.78 is 12.5. The minimum atomic E-state index is 0. The lowest BCUT2D eigenvalue weighted by Crippen LogP contribution is -1.97. The minimum absolute atomic E-state index is 0. The first-order valence-electron chi connectivity index (χ1n) is 10.1. The van der Waals surface area contributed by atoms with E-state index in [2.05, 4.69) is 30.4 Å². The Balaban J connectivity index is 0.00000204. The largest absolute Gasteiger partial charge is 0.456 e. The van der Waals surface area contributed by atoms with Crippen LogP contribution in [-0.2, 0) is 0 Å². The molecule has 30 heavy (non-hydrogen) atoms. The summed E-state index contributed by atoms with van der Waals surface area (Å²) in [5.74, 6) is 0.834. The quantitative estimate of drug-likeness (QED) is 0.287. The number of rotatable bonds is 2. The van der Waals surface area contributed by atoms with Crippen LogP contribution in [0.25, 0.3) is 56.2 Å². The molecule has 0 amide bonds. The number of furan rings is 2. The van der Waals surface area contributed by atoms with Crippen molar-refractivity contribution in [2.75, 3.05) is 0 Å². The summed E-state index contributed by atoms with van der Waals surface area (Å²) in [5.41, 5.74) is 5.84. The van der Waals surface area contributed by atoms with Gasteiger partial charge in [0.2, 0.25) is 0 Å². The third-order valence-electron chi connectivity index (χ3n) is 5.80. The van der Waals surface area contributed by atoms with Crippen LogP contribution in [0.2, 0.25) is 0 Å². The lowest BCUT2D eigenvalue weighted by atomic mass is 9.91. The molecule has 3 heteroatoms. The highest BCUT2D eigenvalue weighted by Crippen LogP contribution is 2.43. The van der Waals surface area contributed by atoms with Crippen LogP contribution >= 0.6 is 0 Å². The van der Waals surface area contributed by atoms with Crippen molar-refractivity contribution in [1.82, 2.24) is 0 Å². The molecule has 3 aromatic carbocycles. The van der Waals surface area contributed by atoms with Crippen molar-refractivity contribution in [2.45, 2.75) is 13.3 Å². The minimum Gasteiger partial charge on any atom is -0.456 e. The average molecular weight is 392 g/mol. The summed E-state index contributed by atoms with van der Waals surface area (Å²) in [6.45, 7) is 1.61. The maximum atomic E-state index is 12.7. The second-order valence-electron chi connectivity index (χ2n) is 7.62. The number of para-hydroxylation sites is 2. The van der Waals surface area contributed by atoms with E-state index in [1.807, 2.05) is 48.5 Å². The lowest BCUT2D eigenvalue weighted by molar-refractivity contribution is 0.101. The van der Waals surface area contributed by atoms with Crippen molar-refractivity contribution in [3.05, 3.63) is 83.6 Å². The van der Waals surface area contributed by atoms with E-state index in [1.165, 1.54) is 0 Å². The molecule has 6 rings (SSSR count). The van der Waals surface area contributed by atoms with Gasteiger partial charge in [-0.25, -0.2) is 0 Å².